The van der Waals surface area contributed by atoms with Gasteiger partial charge in [-0.15, -0.1) is 0 Å². The van der Waals surface area contributed by atoms with Gasteiger partial charge in [-0.25, -0.2) is 16.8 Å². The quantitative estimate of drug-likeness (QED) is 0.499. The smallest absolute Gasteiger partial charge is 0.144 e. The van der Waals surface area contributed by atoms with Crippen LogP contribution in [0.5, 0.6) is 0 Å². The zero-order chi connectivity index (χ0) is 16.2. The summed E-state index contributed by atoms with van der Waals surface area (Å²) < 4.78 is 37.9. The molecule has 118 valence electrons. The minimum Gasteiger partial charge on any atom is -0.668 e. The summed E-state index contributed by atoms with van der Waals surface area (Å²) in [5, 5.41) is 5.91. The first kappa shape index (κ1) is 37.4. The van der Waals surface area contributed by atoms with E-state index < -0.39 is 25.8 Å². The van der Waals surface area contributed by atoms with Gasteiger partial charge in [-0.05, 0) is 20.8 Å². The summed E-state index contributed by atoms with van der Waals surface area (Å²) in [6.07, 6.45) is 3.15. The van der Waals surface area contributed by atoms with E-state index in [-0.39, 0.29) is 71.2 Å². The molecular formula is C8H20N2O6S2Y2-2. The number of sulfonamides is 1. The van der Waals surface area contributed by atoms with Crippen LogP contribution in [0.2, 0.25) is 0 Å². The van der Waals surface area contributed by atoms with Crippen molar-refractivity contribution < 1.29 is 91.8 Å². The minimum atomic E-state index is -3.42. The molecule has 0 atom stereocenters. The number of carbonyl (C=O) groups is 2. The van der Waals surface area contributed by atoms with Gasteiger partial charge in [0.15, 0.2) is 0 Å². The molecule has 2 N–H and O–H groups in total. The molecule has 1 amide bonds. The molecule has 0 unspecified atom stereocenters. The summed E-state index contributed by atoms with van der Waals surface area (Å²) in [5.74, 6) is -0.417. The molecule has 12 heteroatoms. The molecule has 0 aromatic carbocycles. The molecule has 0 bridgehead atoms. The molecule has 0 heterocycles. The number of ketones is 1. The fourth-order valence-corrected chi connectivity index (χ4v) is 0. The molecule has 0 spiro atoms. The van der Waals surface area contributed by atoms with Gasteiger partial charge >= 0.3 is 0 Å². The van der Waals surface area contributed by atoms with E-state index in [4.69, 9.17) is 15.7 Å². The number of hydrogen-bond acceptors (Lipinski definition) is 6. The Balaban J connectivity index is -0.0000000318. The Morgan fingerprint density at radius 3 is 0.800 bits per heavy atom. The van der Waals surface area contributed by atoms with Crippen LogP contribution in [0.25, 0.3) is 10.9 Å². The van der Waals surface area contributed by atoms with Gasteiger partial charge in [-0.3, -0.25) is 0 Å². The maximum absolute atomic E-state index is 9.63. The molecule has 2 radical (unpaired) electrons. The van der Waals surface area contributed by atoms with Crippen LogP contribution >= 0.6 is 0 Å². The third-order valence-corrected chi connectivity index (χ3v) is 0. The van der Waals surface area contributed by atoms with Crippen molar-refractivity contribution in [3.05, 3.63) is 10.9 Å². The average molecular weight is 482 g/mol. The van der Waals surface area contributed by atoms with Crippen molar-refractivity contribution in [3.63, 3.8) is 0 Å². The van der Waals surface area contributed by atoms with Crippen LogP contribution in [0.15, 0.2) is 0 Å². The van der Waals surface area contributed by atoms with Crippen molar-refractivity contribution in [2.24, 2.45) is 0 Å². The summed E-state index contributed by atoms with van der Waals surface area (Å²) in [5.41, 5.74) is 5.94. The molecule has 0 aliphatic carbocycles. The van der Waals surface area contributed by atoms with Crippen molar-refractivity contribution >= 4 is 31.6 Å². The third-order valence-electron chi connectivity index (χ3n) is 0. The number of carbonyl (C=O) groups excluding carboxylic acids is 2. The van der Waals surface area contributed by atoms with Gasteiger partial charge < -0.3 is 20.5 Å². The second-order valence-corrected chi connectivity index (χ2v) is 7.21. The Hall–Kier alpha value is 1.21. The van der Waals surface area contributed by atoms with Gasteiger partial charge in [0.25, 0.3) is 0 Å². The molecule has 20 heavy (non-hydrogen) atoms. The van der Waals surface area contributed by atoms with Gasteiger partial charge in [-0.2, -0.15) is 0 Å². The zero-order valence-corrected chi connectivity index (χ0v) is 19.7. The molecule has 0 aliphatic heterocycles. The summed E-state index contributed by atoms with van der Waals surface area (Å²) in [6, 6.07) is 0. The second-order valence-electron chi connectivity index (χ2n) is 3.38. The van der Waals surface area contributed by atoms with Crippen LogP contribution < -0.4 is 0 Å². The van der Waals surface area contributed by atoms with E-state index >= 15 is 0 Å². The maximum Gasteiger partial charge on any atom is 0.144 e. The monoisotopic (exact) mass is 482 g/mol. The fraction of sp³-hybridized carbons (Fsp3) is 0.750. The molecule has 0 aromatic rings. The van der Waals surface area contributed by atoms with E-state index in [1.54, 1.807) is 0 Å². The summed E-state index contributed by atoms with van der Waals surface area (Å²) in [6.45, 7) is 4.25. The number of Topliss-reactive ketones (excluding diaryl/α,β-unsaturated/α-hetero) is 1. The topological polar surface area (TPSA) is 150 Å². The van der Waals surface area contributed by atoms with Gasteiger partial charge in [-0.1, -0.05) is 0 Å². The largest absolute Gasteiger partial charge is 0.668 e. The molecule has 0 rings (SSSR count). The van der Waals surface area contributed by atoms with E-state index in [9.17, 15) is 21.6 Å². The SMILES string of the molecule is CC(C)=O.CC([NH-])=O.CS(C)(=O)=O.CS([NH-])(=O)=O.[Y].[Y]. The Morgan fingerprint density at radius 2 is 0.800 bits per heavy atom. The zero-order valence-electron chi connectivity index (χ0n) is 12.4. The number of amides is 1. The van der Waals surface area contributed by atoms with Crippen LogP contribution in [-0.4, -0.2) is 47.3 Å². The molecule has 0 aliphatic rings. The second kappa shape index (κ2) is 20.2. The number of nitrogens with one attached hydrogen (secondary N) is 2. The van der Waals surface area contributed by atoms with Crippen molar-refractivity contribution in [2.45, 2.75) is 20.8 Å². The van der Waals surface area contributed by atoms with Gasteiger partial charge in [0.1, 0.15) is 15.6 Å². The van der Waals surface area contributed by atoms with Crippen LogP contribution in [0.3, 0.4) is 0 Å². The third kappa shape index (κ3) is 4370. The van der Waals surface area contributed by atoms with E-state index in [1.807, 2.05) is 0 Å². The van der Waals surface area contributed by atoms with Gasteiger partial charge in [0.2, 0.25) is 0 Å². The fourth-order valence-electron chi connectivity index (χ4n) is 0. The summed E-state index contributed by atoms with van der Waals surface area (Å²) in [7, 11) is -6.08. The van der Waals surface area contributed by atoms with Crippen LogP contribution in [0.1, 0.15) is 20.8 Å². The Labute approximate surface area is 171 Å². The van der Waals surface area contributed by atoms with Gasteiger partial charge in [0, 0.05) is 90.1 Å². The van der Waals surface area contributed by atoms with E-state index in [0.717, 1.165) is 18.8 Å². The summed E-state index contributed by atoms with van der Waals surface area (Å²) >= 11 is 0. The van der Waals surface area contributed by atoms with Crippen molar-refractivity contribution in [3.8, 4) is 0 Å². The van der Waals surface area contributed by atoms with Crippen molar-refractivity contribution in [1.82, 2.24) is 0 Å². The number of sulfone groups is 1. The van der Waals surface area contributed by atoms with Crippen LogP contribution in [0.4, 0.5) is 0 Å². The van der Waals surface area contributed by atoms with Crippen molar-refractivity contribution in [2.75, 3.05) is 18.8 Å². The standard InChI is InChI=1S/C3H6O.C2H5NO.C2H6O2S.CH4NO2S.2Y/c1-3(2)4;1-2(3)4;2*1-5(2,3)4;;/h1-2H3;1H3,(H2,3,4);1-2H3;1H3,(H-,2,3,4);;/q;;;-1;;/p-1. The minimum absolute atomic E-state index is 0. The van der Waals surface area contributed by atoms with Crippen molar-refractivity contribution in [1.29, 1.82) is 0 Å². The molecule has 0 aromatic heterocycles. The first-order valence-electron chi connectivity index (χ1n) is 4.25. The molecular weight excluding hydrogens is 462 g/mol. The molecule has 0 saturated heterocycles. The maximum atomic E-state index is 9.63. The van der Waals surface area contributed by atoms with Gasteiger partial charge in [0.05, 0.1) is 10.0 Å². The predicted molar refractivity (Wildman–Crippen MR) is 71.3 cm³/mol. The summed E-state index contributed by atoms with van der Waals surface area (Å²) in [4.78, 5) is 18.6. The first-order valence-corrected chi connectivity index (χ1v) is 8.44. The van der Waals surface area contributed by atoms with E-state index in [1.165, 1.54) is 20.8 Å². The van der Waals surface area contributed by atoms with Crippen LogP contribution in [0, 0.1) is 0 Å². The Bertz CT molecular complexity index is 368. The first-order chi connectivity index (χ1) is 7.46. The van der Waals surface area contributed by atoms with E-state index in [0.29, 0.717) is 0 Å². The predicted octanol–water partition coefficient (Wildman–Crippen LogP) is 0.834. The number of rotatable bonds is 0. The Morgan fingerprint density at radius 1 is 0.800 bits per heavy atom. The molecule has 0 fully saturated rings. The average Bonchev–Trinajstić information content (AvgIpc) is 1.70. The van der Waals surface area contributed by atoms with E-state index in [2.05, 4.69) is 0 Å². The number of hydrogen-bond donors (Lipinski definition) is 0. The van der Waals surface area contributed by atoms with Crippen LogP contribution in [-0.2, 0) is 94.9 Å². The Kier molecular flexibility index (Phi) is 37.8. The molecule has 8 nitrogen and oxygen atoms in total. The molecule has 0 saturated carbocycles. The normalized spacial score (nSPS) is 8.35.